The molecule has 0 aliphatic carbocycles. The number of piperidine rings is 1. The zero-order valence-corrected chi connectivity index (χ0v) is 14.8. The molecule has 0 bridgehead atoms. The first-order chi connectivity index (χ1) is 10.7. The fourth-order valence-corrected chi connectivity index (χ4v) is 2.81. The molecule has 1 aliphatic rings. The summed E-state index contributed by atoms with van der Waals surface area (Å²) in [6.45, 7) is 4.94. The Bertz CT molecular complexity index is 655. The number of rotatable bonds is 5. The predicted molar refractivity (Wildman–Crippen MR) is 84.4 cm³/mol. The average Bonchev–Trinajstić information content (AvgIpc) is 2.96. The lowest BCUT2D eigenvalue weighted by Gasteiger charge is -2.32. The quantitative estimate of drug-likeness (QED) is 0.783. The molecule has 0 unspecified atom stereocenters. The van der Waals surface area contributed by atoms with Gasteiger partial charge in [-0.2, -0.15) is 9.29 Å². The largest absolute Gasteiger partial charge is 0.341 e. The van der Waals surface area contributed by atoms with Crippen LogP contribution >= 0.6 is 0 Å². The monoisotopic (exact) mass is 344 g/mol. The second kappa shape index (κ2) is 6.96. The van der Waals surface area contributed by atoms with E-state index in [9.17, 15) is 13.2 Å². The molecule has 8 nitrogen and oxygen atoms in total. The van der Waals surface area contributed by atoms with Crippen LogP contribution in [0.1, 0.15) is 50.2 Å². The summed E-state index contributed by atoms with van der Waals surface area (Å²) < 4.78 is 29.1. The molecular formula is C14H24N4O4S. The molecule has 23 heavy (non-hydrogen) atoms. The summed E-state index contributed by atoms with van der Waals surface area (Å²) in [7, 11) is -1.96. The van der Waals surface area contributed by atoms with Crippen molar-refractivity contribution >= 4 is 15.9 Å². The third-order valence-electron chi connectivity index (χ3n) is 4.01. The van der Waals surface area contributed by atoms with Gasteiger partial charge in [-0.3, -0.25) is 4.79 Å². The Morgan fingerprint density at radius 1 is 1.48 bits per heavy atom. The highest BCUT2D eigenvalue weighted by Gasteiger charge is 2.29. The lowest BCUT2D eigenvalue weighted by Crippen LogP contribution is -2.45. The molecule has 0 N–H and O–H groups in total. The molecular weight excluding hydrogens is 320 g/mol. The lowest BCUT2D eigenvalue weighted by molar-refractivity contribution is -0.132. The summed E-state index contributed by atoms with van der Waals surface area (Å²) in [4.78, 5) is 18.4. The number of likely N-dealkylation sites (N-methyl/N-ethyl adjacent to an activating group) is 1. The number of carbonyl (C=O) groups excluding carboxylic acids is 1. The van der Waals surface area contributed by atoms with Gasteiger partial charge in [0.15, 0.2) is 5.82 Å². The highest BCUT2D eigenvalue weighted by molar-refractivity contribution is 7.88. The Balaban J connectivity index is 2.01. The van der Waals surface area contributed by atoms with E-state index >= 15 is 0 Å². The zero-order chi connectivity index (χ0) is 17.2. The summed E-state index contributed by atoms with van der Waals surface area (Å²) in [6.07, 6.45) is 2.82. The van der Waals surface area contributed by atoms with E-state index in [1.807, 2.05) is 13.8 Å². The Morgan fingerprint density at radius 2 is 2.17 bits per heavy atom. The molecule has 1 amide bonds. The predicted octanol–water partition coefficient (Wildman–Crippen LogP) is 0.790. The number of likely N-dealkylation sites (tertiary alicyclic amines) is 1. The van der Waals surface area contributed by atoms with Gasteiger partial charge in [0.2, 0.25) is 21.8 Å². The molecule has 0 aromatic carbocycles. The van der Waals surface area contributed by atoms with Crippen molar-refractivity contribution in [1.29, 1.82) is 0 Å². The second-order valence-corrected chi connectivity index (χ2v) is 8.43. The van der Waals surface area contributed by atoms with Crippen LogP contribution in [0.15, 0.2) is 4.52 Å². The van der Waals surface area contributed by atoms with Gasteiger partial charge in [0.05, 0.1) is 12.8 Å². The van der Waals surface area contributed by atoms with Crippen LogP contribution in [0.5, 0.6) is 0 Å². The molecule has 1 aliphatic heterocycles. The van der Waals surface area contributed by atoms with E-state index in [1.54, 1.807) is 4.90 Å². The molecule has 130 valence electrons. The maximum atomic E-state index is 12.3. The third kappa shape index (κ3) is 4.51. The molecule has 1 saturated heterocycles. The molecule has 2 rings (SSSR count). The summed E-state index contributed by atoms with van der Waals surface area (Å²) >= 11 is 0. The van der Waals surface area contributed by atoms with Gasteiger partial charge in [-0.15, -0.1) is 0 Å². The zero-order valence-electron chi connectivity index (χ0n) is 14.0. The van der Waals surface area contributed by atoms with Gasteiger partial charge in [0.25, 0.3) is 0 Å². The normalized spacial score (nSPS) is 19.6. The minimum Gasteiger partial charge on any atom is -0.341 e. The number of hydrogen-bond donors (Lipinski definition) is 0. The van der Waals surface area contributed by atoms with Gasteiger partial charge >= 0.3 is 0 Å². The van der Waals surface area contributed by atoms with Crippen LogP contribution in [0, 0.1) is 0 Å². The fraction of sp³-hybridized carbons (Fsp3) is 0.786. The summed E-state index contributed by atoms with van der Waals surface area (Å²) in [6, 6.07) is 0. The molecule has 1 aromatic rings. The van der Waals surface area contributed by atoms with Crippen LogP contribution in [0.3, 0.4) is 0 Å². The highest BCUT2D eigenvalue weighted by Crippen LogP contribution is 2.26. The van der Waals surface area contributed by atoms with E-state index in [-0.39, 0.29) is 24.3 Å². The van der Waals surface area contributed by atoms with Gasteiger partial charge in [-0.05, 0) is 12.8 Å². The molecule has 2 heterocycles. The second-order valence-electron chi connectivity index (χ2n) is 6.34. The van der Waals surface area contributed by atoms with Crippen molar-refractivity contribution < 1.29 is 17.7 Å². The average molecular weight is 344 g/mol. The summed E-state index contributed by atoms with van der Waals surface area (Å²) in [5.74, 6) is 1.23. The van der Waals surface area contributed by atoms with Crippen LogP contribution in [-0.4, -0.2) is 66.6 Å². The van der Waals surface area contributed by atoms with Crippen LogP contribution in [0.2, 0.25) is 0 Å². The number of carbonyl (C=O) groups is 1. The summed E-state index contributed by atoms with van der Waals surface area (Å²) in [5, 5.41) is 4.02. The van der Waals surface area contributed by atoms with Gasteiger partial charge in [-0.1, -0.05) is 19.0 Å². The third-order valence-corrected chi connectivity index (χ3v) is 5.28. The molecule has 1 atom stereocenters. The van der Waals surface area contributed by atoms with E-state index in [0.717, 1.165) is 23.4 Å². The van der Waals surface area contributed by atoms with Crippen LogP contribution in [0.4, 0.5) is 0 Å². The standard InChI is InChI=1S/C14H24N4O4S/c1-10(2)14-15-13(16-22-14)11-6-5-7-18(8-11)12(19)9-17(3)23(4,20)21/h10-11H,5-9H2,1-4H3/t11-/m0/s1. The van der Waals surface area contributed by atoms with Crippen molar-refractivity contribution in [3.8, 4) is 0 Å². The lowest BCUT2D eigenvalue weighted by atomic mass is 9.97. The number of sulfonamides is 1. The van der Waals surface area contributed by atoms with Crippen molar-refractivity contribution in [3.05, 3.63) is 11.7 Å². The van der Waals surface area contributed by atoms with Gasteiger partial charge in [0.1, 0.15) is 0 Å². The Hall–Kier alpha value is -1.48. The van der Waals surface area contributed by atoms with Crippen LogP contribution in [-0.2, 0) is 14.8 Å². The van der Waals surface area contributed by atoms with E-state index in [1.165, 1.54) is 7.05 Å². The molecule has 0 spiro atoms. The van der Waals surface area contributed by atoms with E-state index in [2.05, 4.69) is 10.1 Å². The van der Waals surface area contributed by atoms with Gasteiger partial charge in [-0.25, -0.2) is 8.42 Å². The maximum absolute atomic E-state index is 12.3. The maximum Gasteiger partial charge on any atom is 0.237 e. The smallest absolute Gasteiger partial charge is 0.237 e. The number of aromatic nitrogens is 2. The fourth-order valence-electron chi connectivity index (χ4n) is 2.47. The Morgan fingerprint density at radius 3 is 2.74 bits per heavy atom. The van der Waals surface area contributed by atoms with Gasteiger partial charge < -0.3 is 9.42 Å². The Labute approximate surface area is 136 Å². The van der Waals surface area contributed by atoms with E-state index in [0.29, 0.717) is 24.8 Å². The minimum atomic E-state index is -3.36. The topological polar surface area (TPSA) is 96.6 Å². The highest BCUT2D eigenvalue weighted by atomic mass is 32.2. The van der Waals surface area contributed by atoms with Crippen molar-refractivity contribution in [2.24, 2.45) is 0 Å². The minimum absolute atomic E-state index is 0.0347. The molecule has 1 aromatic heterocycles. The summed E-state index contributed by atoms with van der Waals surface area (Å²) in [5.41, 5.74) is 0. The van der Waals surface area contributed by atoms with Gasteiger partial charge in [0, 0.05) is 32.0 Å². The SMILES string of the molecule is CC(C)c1nc([C@H]2CCCN(C(=O)CN(C)S(C)(=O)=O)C2)no1. The van der Waals surface area contributed by atoms with Crippen LogP contribution < -0.4 is 0 Å². The van der Waals surface area contributed by atoms with Crippen molar-refractivity contribution in [3.63, 3.8) is 0 Å². The first kappa shape index (κ1) is 17.9. The number of nitrogens with zero attached hydrogens (tertiary/aromatic N) is 4. The number of amides is 1. The van der Waals surface area contributed by atoms with E-state index < -0.39 is 10.0 Å². The van der Waals surface area contributed by atoms with Crippen molar-refractivity contribution in [2.75, 3.05) is 32.9 Å². The van der Waals surface area contributed by atoms with Crippen molar-refractivity contribution in [1.82, 2.24) is 19.3 Å². The van der Waals surface area contributed by atoms with Crippen LogP contribution in [0.25, 0.3) is 0 Å². The Kier molecular flexibility index (Phi) is 5.41. The molecule has 9 heteroatoms. The first-order valence-electron chi connectivity index (χ1n) is 7.71. The van der Waals surface area contributed by atoms with E-state index in [4.69, 9.17) is 4.52 Å². The molecule has 1 fully saturated rings. The first-order valence-corrected chi connectivity index (χ1v) is 9.56. The number of hydrogen-bond acceptors (Lipinski definition) is 6. The molecule has 0 saturated carbocycles. The molecule has 0 radical (unpaired) electrons. The van der Waals surface area contributed by atoms with Crippen molar-refractivity contribution in [2.45, 2.75) is 38.5 Å².